The van der Waals surface area contributed by atoms with Gasteiger partial charge in [0.15, 0.2) is 0 Å². The van der Waals surface area contributed by atoms with Gasteiger partial charge in [0.2, 0.25) is 11.8 Å². The van der Waals surface area contributed by atoms with Crippen LogP contribution in [0, 0.1) is 11.8 Å². The lowest BCUT2D eigenvalue weighted by Crippen LogP contribution is -2.38. The third kappa shape index (κ3) is 1.75. The zero-order valence-corrected chi connectivity index (χ0v) is 12.7. The molecule has 0 aromatic heterocycles. The minimum atomic E-state index is -0.725. The van der Waals surface area contributed by atoms with Crippen LogP contribution in [0.1, 0.15) is 17.3 Å². The molecule has 0 spiro atoms. The molecule has 2 saturated heterocycles. The van der Waals surface area contributed by atoms with E-state index in [1.165, 1.54) is 18.1 Å². The summed E-state index contributed by atoms with van der Waals surface area (Å²) in [6, 6.07) is 6.35. The summed E-state index contributed by atoms with van der Waals surface area (Å²) in [6.45, 7) is 1.83. The molecule has 118 valence electrons. The summed E-state index contributed by atoms with van der Waals surface area (Å²) in [4.78, 5) is 38.4. The summed E-state index contributed by atoms with van der Waals surface area (Å²) in [5.41, 5.74) is -0.0388. The van der Waals surface area contributed by atoms with Gasteiger partial charge in [0.05, 0.1) is 41.9 Å². The van der Waals surface area contributed by atoms with Crippen LogP contribution in [0.15, 0.2) is 36.4 Å². The summed E-state index contributed by atoms with van der Waals surface area (Å²) in [6.07, 6.45) is 3.36. The van der Waals surface area contributed by atoms with Crippen molar-refractivity contribution in [2.75, 3.05) is 12.0 Å². The molecule has 4 rings (SSSR count). The topological polar surface area (TPSA) is 72.9 Å². The van der Waals surface area contributed by atoms with E-state index in [-0.39, 0.29) is 17.9 Å². The standard InChI is InChI=1S/C17H15NO5/c1-17-7-6-11(23-17)12-13(17)15(20)18(14(12)19)10-5-3-4-9(8-10)16(21)22-2/h3-8,11-13H,1-2H3/t11-,12+,13+,17+/m0/s1. The van der Waals surface area contributed by atoms with E-state index in [1.54, 1.807) is 18.2 Å². The number of methoxy groups -OCH3 is 1. The minimum Gasteiger partial charge on any atom is -0.465 e. The number of carbonyl (C=O) groups is 3. The van der Waals surface area contributed by atoms with Gasteiger partial charge in [-0.1, -0.05) is 18.2 Å². The van der Waals surface area contributed by atoms with E-state index in [1.807, 2.05) is 19.1 Å². The second kappa shape index (κ2) is 4.52. The molecule has 0 radical (unpaired) electrons. The number of hydrogen-bond acceptors (Lipinski definition) is 5. The minimum absolute atomic E-state index is 0.278. The highest BCUT2D eigenvalue weighted by Gasteiger charge is 2.66. The van der Waals surface area contributed by atoms with Crippen LogP contribution in [0.2, 0.25) is 0 Å². The van der Waals surface area contributed by atoms with E-state index in [0.717, 1.165) is 0 Å². The summed E-state index contributed by atoms with van der Waals surface area (Å²) < 4.78 is 10.5. The molecule has 4 atom stereocenters. The molecule has 2 fully saturated rings. The molecule has 0 N–H and O–H groups in total. The van der Waals surface area contributed by atoms with Crippen molar-refractivity contribution in [3.63, 3.8) is 0 Å². The predicted octanol–water partition coefficient (Wildman–Crippen LogP) is 1.31. The number of ether oxygens (including phenoxy) is 2. The Labute approximate surface area is 132 Å². The third-order valence-corrected chi connectivity index (χ3v) is 4.85. The molecule has 6 heteroatoms. The van der Waals surface area contributed by atoms with Gasteiger partial charge in [-0.3, -0.25) is 9.59 Å². The highest BCUT2D eigenvalue weighted by atomic mass is 16.5. The Balaban J connectivity index is 1.73. The first-order valence-electron chi connectivity index (χ1n) is 7.39. The monoisotopic (exact) mass is 313 g/mol. The fraction of sp³-hybridized carbons (Fsp3) is 0.353. The maximum absolute atomic E-state index is 12.8. The van der Waals surface area contributed by atoms with Gasteiger partial charge in [0, 0.05) is 0 Å². The van der Waals surface area contributed by atoms with Crippen molar-refractivity contribution in [3.05, 3.63) is 42.0 Å². The number of esters is 1. The summed E-state index contributed by atoms with van der Waals surface area (Å²) in [5, 5.41) is 0. The first-order valence-corrected chi connectivity index (χ1v) is 7.39. The average molecular weight is 313 g/mol. The van der Waals surface area contributed by atoms with Crippen LogP contribution in [0.5, 0.6) is 0 Å². The van der Waals surface area contributed by atoms with E-state index in [0.29, 0.717) is 11.3 Å². The van der Waals surface area contributed by atoms with Crippen molar-refractivity contribution in [1.29, 1.82) is 0 Å². The molecular formula is C17H15NO5. The zero-order valence-electron chi connectivity index (χ0n) is 12.7. The Morgan fingerprint density at radius 1 is 1.30 bits per heavy atom. The zero-order chi connectivity index (χ0) is 16.4. The molecule has 3 heterocycles. The van der Waals surface area contributed by atoms with E-state index in [2.05, 4.69) is 4.74 Å². The molecule has 2 amide bonds. The smallest absolute Gasteiger partial charge is 0.337 e. The van der Waals surface area contributed by atoms with Gasteiger partial charge < -0.3 is 9.47 Å². The Kier molecular flexibility index (Phi) is 2.78. The van der Waals surface area contributed by atoms with Crippen LogP contribution in [0.3, 0.4) is 0 Å². The lowest BCUT2D eigenvalue weighted by atomic mass is 9.78. The lowest BCUT2D eigenvalue weighted by Gasteiger charge is -2.24. The van der Waals surface area contributed by atoms with Gasteiger partial charge in [-0.05, 0) is 25.1 Å². The van der Waals surface area contributed by atoms with Crippen LogP contribution >= 0.6 is 0 Å². The Hall–Kier alpha value is -2.47. The Morgan fingerprint density at radius 3 is 2.78 bits per heavy atom. The third-order valence-electron chi connectivity index (χ3n) is 4.85. The number of nitrogens with zero attached hydrogens (tertiary/aromatic N) is 1. The molecule has 1 aromatic rings. The van der Waals surface area contributed by atoms with Crippen LogP contribution < -0.4 is 4.90 Å². The quantitative estimate of drug-likeness (QED) is 0.467. The second-order valence-electron chi connectivity index (χ2n) is 6.18. The number of hydrogen-bond donors (Lipinski definition) is 0. The molecule has 23 heavy (non-hydrogen) atoms. The van der Waals surface area contributed by atoms with E-state index < -0.39 is 23.4 Å². The summed E-state index contributed by atoms with van der Waals surface area (Å²) in [5.74, 6) is -2.06. The van der Waals surface area contributed by atoms with Crippen molar-refractivity contribution >= 4 is 23.5 Å². The fourth-order valence-corrected chi connectivity index (χ4v) is 3.80. The maximum atomic E-state index is 12.8. The van der Waals surface area contributed by atoms with Gasteiger partial charge in [0.1, 0.15) is 0 Å². The van der Waals surface area contributed by atoms with Crippen LogP contribution in [-0.2, 0) is 19.1 Å². The number of imide groups is 1. The Bertz CT molecular complexity index is 770. The number of fused-ring (bicyclic) bond motifs is 5. The maximum Gasteiger partial charge on any atom is 0.337 e. The molecule has 0 aliphatic carbocycles. The van der Waals surface area contributed by atoms with Crippen molar-refractivity contribution in [2.45, 2.75) is 18.6 Å². The van der Waals surface area contributed by atoms with E-state index >= 15 is 0 Å². The predicted molar refractivity (Wildman–Crippen MR) is 79.7 cm³/mol. The molecule has 0 unspecified atom stereocenters. The van der Waals surface area contributed by atoms with Gasteiger partial charge in [-0.25, -0.2) is 9.69 Å². The number of rotatable bonds is 2. The summed E-state index contributed by atoms with van der Waals surface area (Å²) >= 11 is 0. The number of benzene rings is 1. The number of anilines is 1. The van der Waals surface area contributed by atoms with Gasteiger partial charge >= 0.3 is 5.97 Å². The SMILES string of the molecule is COC(=O)c1cccc(N2C(=O)[C@@H]3[C@@H]4C=C[C@@](C)(O4)[C@H]3C2=O)c1. The molecule has 1 aromatic carbocycles. The lowest BCUT2D eigenvalue weighted by molar-refractivity contribution is -0.126. The highest BCUT2D eigenvalue weighted by Crippen LogP contribution is 2.52. The van der Waals surface area contributed by atoms with Crippen LogP contribution in [0.4, 0.5) is 5.69 Å². The van der Waals surface area contributed by atoms with Crippen molar-refractivity contribution in [3.8, 4) is 0 Å². The molecule has 2 bridgehead atoms. The number of carbonyl (C=O) groups excluding carboxylic acids is 3. The molecule has 6 nitrogen and oxygen atoms in total. The van der Waals surface area contributed by atoms with Gasteiger partial charge in [-0.15, -0.1) is 0 Å². The van der Waals surface area contributed by atoms with Gasteiger partial charge in [-0.2, -0.15) is 0 Å². The second-order valence-corrected chi connectivity index (χ2v) is 6.18. The number of amides is 2. The normalized spacial score (nSPS) is 34.2. The first-order chi connectivity index (χ1) is 11.0. The molecule has 3 aliphatic rings. The molecule has 0 saturated carbocycles. The Morgan fingerprint density at radius 2 is 2.09 bits per heavy atom. The molecular weight excluding hydrogens is 298 g/mol. The largest absolute Gasteiger partial charge is 0.465 e. The van der Waals surface area contributed by atoms with Crippen molar-refractivity contribution < 1.29 is 23.9 Å². The van der Waals surface area contributed by atoms with Crippen LogP contribution in [-0.4, -0.2) is 36.6 Å². The first kappa shape index (κ1) is 14.1. The summed E-state index contributed by atoms with van der Waals surface area (Å²) in [7, 11) is 1.28. The van der Waals surface area contributed by atoms with Crippen molar-refractivity contribution in [1.82, 2.24) is 0 Å². The fourth-order valence-electron chi connectivity index (χ4n) is 3.80. The van der Waals surface area contributed by atoms with E-state index in [9.17, 15) is 14.4 Å². The van der Waals surface area contributed by atoms with Gasteiger partial charge in [0.25, 0.3) is 0 Å². The highest BCUT2D eigenvalue weighted by molar-refractivity contribution is 6.23. The van der Waals surface area contributed by atoms with Crippen LogP contribution in [0.25, 0.3) is 0 Å². The van der Waals surface area contributed by atoms with Crippen molar-refractivity contribution in [2.24, 2.45) is 11.8 Å². The van der Waals surface area contributed by atoms with E-state index in [4.69, 9.17) is 4.74 Å². The molecule has 3 aliphatic heterocycles. The average Bonchev–Trinajstić information content (AvgIpc) is 3.15.